The quantitative estimate of drug-likeness (QED) is 0.699. The first kappa shape index (κ1) is 15.1. The molecule has 0 aromatic heterocycles. The monoisotopic (exact) mass is 315 g/mol. The van der Waals surface area contributed by atoms with Crippen LogP contribution in [0.25, 0.3) is 0 Å². The summed E-state index contributed by atoms with van der Waals surface area (Å²) in [5.74, 6) is 1.19. The second-order valence-electron chi connectivity index (χ2n) is 8.51. The van der Waals surface area contributed by atoms with E-state index in [4.69, 9.17) is 0 Å². The Labute approximate surface area is 137 Å². The predicted molar refractivity (Wildman–Crippen MR) is 85.2 cm³/mol. The molecule has 1 N–H and O–H groups in total. The summed E-state index contributed by atoms with van der Waals surface area (Å²) in [5, 5.41) is 2.55. The van der Waals surface area contributed by atoms with Gasteiger partial charge in [0, 0.05) is 12.8 Å². The molecule has 1 saturated heterocycles. The van der Waals surface area contributed by atoms with Gasteiger partial charge in [0.25, 0.3) is 0 Å². The molecular formula is C19H25NO3. The molecule has 0 radical (unpaired) electrons. The normalized spacial score (nSPS) is 46.3. The van der Waals surface area contributed by atoms with Crippen LogP contribution in [0.3, 0.4) is 0 Å². The Morgan fingerprint density at radius 1 is 1.00 bits per heavy atom. The van der Waals surface area contributed by atoms with Crippen molar-refractivity contribution in [3.8, 4) is 0 Å². The summed E-state index contributed by atoms with van der Waals surface area (Å²) in [6, 6.07) is 0. The van der Waals surface area contributed by atoms with Crippen LogP contribution in [-0.2, 0) is 14.4 Å². The van der Waals surface area contributed by atoms with E-state index < -0.39 is 5.41 Å². The van der Waals surface area contributed by atoms with Crippen molar-refractivity contribution < 1.29 is 14.4 Å². The topological polar surface area (TPSA) is 63.2 Å². The molecule has 2 amide bonds. The van der Waals surface area contributed by atoms with Gasteiger partial charge in [0.05, 0.1) is 5.41 Å². The van der Waals surface area contributed by atoms with Crippen LogP contribution < -0.4 is 5.32 Å². The molecule has 3 aliphatic carbocycles. The van der Waals surface area contributed by atoms with Crippen molar-refractivity contribution >= 4 is 17.6 Å². The zero-order valence-electron chi connectivity index (χ0n) is 14.0. The summed E-state index contributed by atoms with van der Waals surface area (Å²) in [7, 11) is 0. The number of piperidine rings is 1. The van der Waals surface area contributed by atoms with E-state index in [0.717, 1.165) is 32.1 Å². The van der Waals surface area contributed by atoms with E-state index in [0.29, 0.717) is 24.7 Å². The van der Waals surface area contributed by atoms with Gasteiger partial charge in [0.1, 0.15) is 0 Å². The van der Waals surface area contributed by atoms with Gasteiger partial charge in [-0.05, 0) is 61.3 Å². The summed E-state index contributed by atoms with van der Waals surface area (Å²) in [6.45, 7) is 4.36. The average Bonchev–Trinajstić information content (AvgIpc) is 2.49. The van der Waals surface area contributed by atoms with Crippen LogP contribution in [0.5, 0.6) is 0 Å². The Kier molecular flexibility index (Phi) is 3.14. The number of allylic oxidation sites excluding steroid dienone is 2. The summed E-state index contributed by atoms with van der Waals surface area (Å²) in [4.78, 5) is 36.2. The predicted octanol–water partition coefficient (Wildman–Crippen LogP) is 2.77. The second-order valence-corrected chi connectivity index (χ2v) is 8.51. The molecule has 1 aliphatic heterocycles. The molecule has 0 bridgehead atoms. The molecule has 5 atom stereocenters. The van der Waals surface area contributed by atoms with Gasteiger partial charge in [-0.2, -0.15) is 0 Å². The molecule has 4 nitrogen and oxygen atoms in total. The molecule has 0 unspecified atom stereocenters. The Morgan fingerprint density at radius 2 is 1.78 bits per heavy atom. The number of hydrogen-bond donors (Lipinski definition) is 1. The van der Waals surface area contributed by atoms with Crippen LogP contribution in [0, 0.1) is 28.6 Å². The Hall–Kier alpha value is -1.45. The molecule has 4 aliphatic rings. The maximum Gasteiger partial charge on any atom is 0.232 e. The van der Waals surface area contributed by atoms with Crippen molar-refractivity contribution in [3.63, 3.8) is 0 Å². The molecule has 0 aromatic carbocycles. The molecular weight excluding hydrogens is 290 g/mol. The number of amides is 2. The highest BCUT2D eigenvalue weighted by atomic mass is 16.2. The van der Waals surface area contributed by atoms with Crippen LogP contribution in [0.15, 0.2) is 11.6 Å². The lowest BCUT2D eigenvalue weighted by molar-refractivity contribution is -0.156. The van der Waals surface area contributed by atoms with E-state index in [9.17, 15) is 14.4 Å². The first-order valence-electron chi connectivity index (χ1n) is 8.93. The van der Waals surface area contributed by atoms with Gasteiger partial charge < -0.3 is 0 Å². The standard InChI is InChI=1S/C19H25NO3/c1-18-7-5-12(21)9-11(18)3-4-13-14(18)6-8-19(2)15(13)10-16(22)20-17(19)23/h9,13-15H,3-8,10H2,1-2H3,(H,20,22,23)/t13-,14+,15-,18-,19-/m1/s1. The SMILES string of the molecule is C[C@@]12CC[C@H]3[C@@H](CCC4=CC(=O)CC[C@]43C)[C@H]1CC(=O)NC2=O. The van der Waals surface area contributed by atoms with Crippen LogP contribution >= 0.6 is 0 Å². The van der Waals surface area contributed by atoms with E-state index in [2.05, 4.69) is 12.2 Å². The molecule has 23 heavy (non-hydrogen) atoms. The van der Waals surface area contributed by atoms with E-state index >= 15 is 0 Å². The highest BCUT2D eigenvalue weighted by Crippen LogP contribution is 2.62. The van der Waals surface area contributed by atoms with Crippen molar-refractivity contribution in [3.05, 3.63) is 11.6 Å². The van der Waals surface area contributed by atoms with Crippen molar-refractivity contribution in [2.24, 2.45) is 28.6 Å². The fourth-order valence-corrected chi connectivity index (χ4v) is 6.06. The number of imide groups is 1. The molecule has 3 fully saturated rings. The molecule has 2 saturated carbocycles. The molecule has 4 heteroatoms. The van der Waals surface area contributed by atoms with Crippen molar-refractivity contribution in [2.75, 3.05) is 0 Å². The summed E-state index contributed by atoms with van der Waals surface area (Å²) in [5.41, 5.74) is 1.02. The zero-order chi connectivity index (χ0) is 16.4. The number of ketones is 1. The Balaban J connectivity index is 1.71. The summed E-state index contributed by atoms with van der Waals surface area (Å²) in [6.07, 6.45) is 7.80. The van der Waals surface area contributed by atoms with Crippen molar-refractivity contribution in [2.45, 2.75) is 58.8 Å². The third kappa shape index (κ3) is 1.99. The van der Waals surface area contributed by atoms with Gasteiger partial charge in [0.15, 0.2) is 5.78 Å². The molecule has 4 rings (SSSR count). The molecule has 0 aromatic rings. The third-order valence-electron chi connectivity index (χ3n) is 7.53. The van der Waals surface area contributed by atoms with Gasteiger partial charge in [0.2, 0.25) is 11.8 Å². The number of hydrogen-bond acceptors (Lipinski definition) is 3. The lowest BCUT2D eigenvalue weighted by Gasteiger charge is -2.58. The zero-order valence-corrected chi connectivity index (χ0v) is 14.0. The average molecular weight is 315 g/mol. The summed E-state index contributed by atoms with van der Waals surface area (Å²) >= 11 is 0. The lowest BCUT2D eigenvalue weighted by atomic mass is 9.46. The minimum absolute atomic E-state index is 0.0671. The highest BCUT2D eigenvalue weighted by Gasteiger charge is 2.59. The minimum atomic E-state index is -0.392. The number of carbonyl (C=O) groups excluding carboxylic acids is 3. The van der Waals surface area contributed by atoms with E-state index in [1.807, 2.05) is 13.0 Å². The van der Waals surface area contributed by atoms with E-state index in [1.54, 1.807) is 0 Å². The largest absolute Gasteiger partial charge is 0.296 e. The van der Waals surface area contributed by atoms with Crippen LogP contribution in [0.2, 0.25) is 0 Å². The number of nitrogens with one attached hydrogen (secondary N) is 1. The fraction of sp³-hybridized carbons (Fsp3) is 0.737. The van der Waals surface area contributed by atoms with Crippen molar-refractivity contribution in [1.29, 1.82) is 0 Å². The second kappa shape index (κ2) is 4.78. The molecule has 124 valence electrons. The van der Waals surface area contributed by atoms with Crippen LogP contribution in [0.4, 0.5) is 0 Å². The first-order chi connectivity index (χ1) is 10.8. The summed E-state index contributed by atoms with van der Waals surface area (Å²) < 4.78 is 0. The van der Waals surface area contributed by atoms with Crippen molar-refractivity contribution in [1.82, 2.24) is 5.32 Å². The van der Waals surface area contributed by atoms with E-state index in [1.165, 1.54) is 5.57 Å². The molecule has 1 heterocycles. The molecule has 0 spiro atoms. The lowest BCUT2D eigenvalue weighted by Crippen LogP contribution is -2.60. The Morgan fingerprint density at radius 3 is 2.57 bits per heavy atom. The maximum absolute atomic E-state index is 12.5. The highest BCUT2D eigenvalue weighted by molar-refractivity contribution is 6.01. The van der Waals surface area contributed by atoms with E-state index in [-0.39, 0.29) is 28.9 Å². The van der Waals surface area contributed by atoms with Gasteiger partial charge in [-0.25, -0.2) is 0 Å². The third-order valence-corrected chi connectivity index (χ3v) is 7.53. The first-order valence-corrected chi connectivity index (χ1v) is 8.93. The smallest absolute Gasteiger partial charge is 0.232 e. The van der Waals surface area contributed by atoms with Gasteiger partial charge in [-0.3, -0.25) is 19.7 Å². The maximum atomic E-state index is 12.5. The number of fused-ring (bicyclic) bond motifs is 5. The minimum Gasteiger partial charge on any atom is -0.296 e. The van der Waals surface area contributed by atoms with Crippen LogP contribution in [-0.4, -0.2) is 17.6 Å². The number of carbonyl (C=O) groups is 3. The fourth-order valence-electron chi connectivity index (χ4n) is 6.06. The van der Waals surface area contributed by atoms with Gasteiger partial charge in [-0.15, -0.1) is 0 Å². The number of rotatable bonds is 0. The Bertz CT molecular complexity index is 637. The van der Waals surface area contributed by atoms with Gasteiger partial charge >= 0.3 is 0 Å². The van der Waals surface area contributed by atoms with Crippen LogP contribution in [0.1, 0.15) is 58.8 Å². The van der Waals surface area contributed by atoms with Gasteiger partial charge in [-0.1, -0.05) is 19.4 Å².